The molecule has 0 amide bonds. The first kappa shape index (κ1) is 13.3. The molecule has 0 bridgehead atoms. The molecule has 0 saturated heterocycles. The van der Waals surface area contributed by atoms with Crippen LogP contribution in [0.2, 0.25) is 0 Å². The number of aliphatic hydroxyl groups excluding tert-OH is 1. The Balaban J connectivity index is 2.11. The summed E-state index contributed by atoms with van der Waals surface area (Å²) in [6, 6.07) is 21.9. The topological polar surface area (TPSA) is 44.0 Å². The van der Waals surface area contributed by atoms with Gasteiger partial charge in [0, 0.05) is 5.92 Å². The predicted octanol–water partition coefficient (Wildman–Crippen LogP) is 2.97. The molecule has 0 aliphatic heterocycles. The summed E-state index contributed by atoms with van der Waals surface area (Å²) in [4.78, 5) is 0. The van der Waals surface area contributed by atoms with Crippen LogP contribution in [-0.4, -0.2) is 11.2 Å². The van der Waals surface area contributed by atoms with Crippen LogP contribution in [0, 0.1) is 17.2 Å². The van der Waals surface area contributed by atoms with E-state index in [1.54, 1.807) is 0 Å². The van der Waals surface area contributed by atoms with E-state index in [-0.39, 0.29) is 5.92 Å². The van der Waals surface area contributed by atoms with Gasteiger partial charge < -0.3 is 5.11 Å². The van der Waals surface area contributed by atoms with Gasteiger partial charge in [-0.1, -0.05) is 60.7 Å². The Kier molecular flexibility index (Phi) is 4.72. The minimum atomic E-state index is -0.930. The molecule has 0 aliphatic rings. The largest absolute Gasteiger partial charge is 0.378 e. The molecule has 1 atom stereocenters. The van der Waals surface area contributed by atoms with Gasteiger partial charge in [0.25, 0.3) is 0 Å². The van der Waals surface area contributed by atoms with Crippen molar-refractivity contribution in [1.82, 2.24) is 0 Å². The molecule has 2 aromatic carbocycles. The molecule has 0 fully saturated rings. The van der Waals surface area contributed by atoms with E-state index in [0.717, 1.165) is 11.1 Å². The van der Waals surface area contributed by atoms with Crippen molar-refractivity contribution < 1.29 is 5.11 Å². The summed E-state index contributed by atoms with van der Waals surface area (Å²) in [5.74, 6) is -0.0743. The first-order valence-electron chi connectivity index (χ1n) is 6.45. The summed E-state index contributed by atoms with van der Waals surface area (Å²) < 4.78 is 0. The monoisotopic (exact) mass is 251 g/mol. The molecule has 0 radical (unpaired) electrons. The summed E-state index contributed by atoms with van der Waals surface area (Å²) in [5, 5.41) is 18.8. The molecule has 2 heteroatoms. The van der Waals surface area contributed by atoms with E-state index >= 15 is 0 Å². The zero-order valence-electron chi connectivity index (χ0n) is 10.7. The highest BCUT2D eigenvalue weighted by atomic mass is 16.3. The molecule has 1 unspecified atom stereocenters. The van der Waals surface area contributed by atoms with Crippen LogP contribution < -0.4 is 0 Å². The molecule has 0 saturated carbocycles. The molecule has 2 rings (SSSR count). The van der Waals surface area contributed by atoms with Gasteiger partial charge in [0.1, 0.15) is 6.10 Å². The maximum absolute atomic E-state index is 9.88. The van der Waals surface area contributed by atoms with Gasteiger partial charge in [-0.05, 0) is 24.0 Å². The highest BCUT2D eigenvalue weighted by Gasteiger charge is 2.19. The quantitative estimate of drug-likeness (QED) is 0.830. The van der Waals surface area contributed by atoms with Crippen molar-refractivity contribution >= 4 is 0 Å². The van der Waals surface area contributed by atoms with Gasteiger partial charge in [-0.3, -0.25) is 0 Å². The molecule has 96 valence electrons. The fourth-order valence-corrected chi connectivity index (χ4v) is 2.23. The molecular formula is C17H17NO. The summed E-state index contributed by atoms with van der Waals surface area (Å²) >= 11 is 0. The van der Waals surface area contributed by atoms with Crippen LogP contribution in [0.4, 0.5) is 0 Å². The smallest absolute Gasteiger partial charge is 0.143 e. The molecule has 0 aliphatic carbocycles. The normalized spacial score (nSPS) is 12.1. The summed E-state index contributed by atoms with van der Waals surface area (Å²) in [7, 11) is 0. The molecule has 1 N–H and O–H groups in total. The number of nitriles is 1. The lowest BCUT2D eigenvalue weighted by molar-refractivity contribution is 0.158. The highest BCUT2D eigenvalue weighted by Crippen LogP contribution is 2.18. The molecule has 19 heavy (non-hydrogen) atoms. The Hall–Kier alpha value is -2.11. The third kappa shape index (κ3) is 3.94. The van der Waals surface area contributed by atoms with Gasteiger partial charge in [-0.15, -0.1) is 0 Å². The third-order valence-electron chi connectivity index (χ3n) is 3.26. The van der Waals surface area contributed by atoms with E-state index in [0.29, 0.717) is 12.8 Å². The number of rotatable bonds is 5. The van der Waals surface area contributed by atoms with Crippen molar-refractivity contribution in [3.63, 3.8) is 0 Å². The maximum Gasteiger partial charge on any atom is 0.143 e. The lowest BCUT2D eigenvalue weighted by Gasteiger charge is -2.18. The van der Waals surface area contributed by atoms with E-state index in [4.69, 9.17) is 5.26 Å². The second-order valence-corrected chi connectivity index (χ2v) is 4.71. The van der Waals surface area contributed by atoms with E-state index in [1.807, 2.05) is 66.7 Å². The lowest BCUT2D eigenvalue weighted by Crippen LogP contribution is -2.23. The zero-order chi connectivity index (χ0) is 13.5. The number of hydrogen-bond acceptors (Lipinski definition) is 2. The fourth-order valence-electron chi connectivity index (χ4n) is 2.23. The number of hydrogen-bond donors (Lipinski definition) is 1. The minimum absolute atomic E-state index is 0.0743. The van der Waals surface area contributed by atoms with Crippen molar-refractivity contribution in [1.29, 1.82) is 5.26 Å². The Morgan fingerprint density at radius 1 is 0.842 bits per heavy atom. The highest BCUT2D eigenvalue weighted by molar-refractivity contribution is 5.19. The Morgan fingerprint density at radius 3 is 1.63 bits per heavy atom. The second-order valence-electron chi connectivity index (χ2n) is 4.71. The van der Waals surface area contributed by atoms with Crippen LogP contribution in [-0.2, 0) is 12.8 Å². The minimum Gasteiger partial charge on any atom is -0.378 e. The molecule has 2 nitrogen and oxygen atoms in total. The lowest BCUT2D eigenvalue weighted by atomic mass is 9.88. The number of benzene rings is 2. The summed E-state index contributed by atoms with van der Waals surface area (Å²) in [6.45, 7) is 0. The van der Waals surface area contributed by atoms with Crippen LogP contribution in [0.15, 0.2) is 60.7 Å². The second kappa shape index (κ2) is 6.72. The molecule has 0 spiro atoms. The number of nitrogens with zero attached hydrogens (tertiary/aromatic N) is 1. The van der Waals surface area contributed by atoms with Gasteiger partial charge >= 0.3 is 0 Å². The van der Waals surface area contributed by atoms with E-state index < -0.39 is 6.10 Å². The van der Waals surface area contributed by atoms with Crippen LogP contribution in [0.25, 0.3) is 0 Å². The summed E-state index contributed by atoms with van der Waals surface area (Å²) in [5.41, 5.74) is 2.30. The Bertz CT molecular complexity index is 489. The van der Waals surface area contributed by atoms with Crippen molar-refractivity contribution in [3.8, 4) is 6.07 Å². The standard InChI is InChI=1S/C17H17NO/c18-13-17(19)16(11-14-7-3-1-4-8-14)12-15-9-5-2-6-10-15/h1-10,16-17,19H,11-12H2. The predicted molar refractivity (Wildman–Crippen MR) is 75.4 cm³/mol. The van der Waals surface area contributed by atoms with Gasteiger partial charge in [-0.25, -0.2) is 0 Å². The van der Waals surface area contributed by atoms with Crippen LogP contribution in [0.3, 0.4) is 0 Å². The zero-order valence-corrected chi connectivity index (χ0v) is 10.7. The van der Waals surface area contributed by atoms with Crippen molar-refractivity contribution in [3.05, 3.63) is 71.8 Å². The van der Waals surface area contributed by atoms with Crippen molar-refractivity contribution in [2.24, 2.45) is 5.92 Å². The molecule has 2 aromatic rings. The van der Waals surface area contributed by atoms with E-state index in [1.165, 1.54) is 0 Å². The summed E-state index contributed by atoms with van der Waals surface area (Å²) in [6.07, 6.45) is 0.495. The molecular weight excluding hydrogens is 234 g/mol. The van der Waals surface area contributed by atoms with Gasteiger partial charge in [-0.2, -0.15) is 5.26 Å². The van der Waals surface area contributed by atoms with Crippen molar-refractivity contribution in [2.75, 3.05) is 0 Å². The van der Waals surface area contributed by atoms with Crippen LogP contribution in [0.5, 0.6) is 0 Å². The first-order valence-corrected chi connectivity index (χ1v) is 6.45. The molecule has 0 aromatic heterocycles. The van der Waals surface area contributed by atoms with E-state index in [9.17, 15) is 5.11 Å². The van der Waals surface area contributed by atoms with Crippen molar-refractivity contribution in [2.45, 2.75) is 18.9 Å². The van der Waals surface area contributed by atoms with Gasteiger partial charge in [0.05, 0.1) is 6.07 Å². The van der Waals surface area contributed by atoms with Gasteiger partial charge in [0.2, 0.25) is 0 Å². The SMILES string of the molecule is N#CC(O)C(Cc1ccccc1)Cc1ccccc1. The van der Waals surface area contributed by atoms with Crippen LogP contribution in [0.1, 0.15) is 11.1 Å². The fraction of sp³-hybridized carbons (Fsp3) is 0.235. The Labute approximate surface area is 114 Å². The van der Waals surface area contributed by atoms with Gasteiger partial charge in [0.15, 0.2) is 0 Å². The maximum atomic E-state index is 9.88. The average Bonchev–Trinajstić information content (AvgIpc) is 2.48. The number of aliphatic hydroxyl groups is 1. The van der Waals surface area contributed by atoms with Crippen LogP contribution >= 0.6 is 0 Å². The first-order chi connectivity index (χ1) is 9.29. The Morgan fingerprint density at radius 2 is 1.26 bits per heavy atom. The average molecular weight is 251 g/mol. The van der Waals surface area contributed by atoms with E-state index in [2.05, 4.69) is 0 Å². The third-order valence-corrected chi connectivity index (χ3v) is 3.26. The molecule has 0 heterocycles.